The van der Waals surface area contributed by atoms with Crippen LogP contribution in [0, 0.1) is 0 Å². The van der Waals surface area contributed by atoms with Crippen molar-refractivity contribution in [1.82, 2.24) is 0 Å². The Labute approximate surface area is 95.7 Å². The number of rotatable bonds is 4. The van der Waals surface area contributed by atoms with Crippen LogP contribution in [0.4, 0.5) is 5.69 Å². The third-order valence-corrected chi connectivity index (χ3v) is 2.18. The van der Waals surface area contributed by atoms with Gasteiger partial charge in [-0.25, -0.2) is 9.59 Å². The molecule has 1 aromatic rings. The summed E-state index contributed by atoms with van der Waals surface area (Å²) in [5.41, 5.74) is 4.98. The van der Waals surface area contributed by atoms with Crippen LogP contribution in [0.5, 0.6) is 0 Å². The number of aromatic carboxylic acids is 1. The highest BCUT2D eigenvalue weighted by molar-refractivity contribution is 5.91. The maximum absolute atomic E-state index is 10.9. The molecule has 0 fully saturated rings. The van der Waals surface area contributed by atoms with Gasteiger partial charge in [-0.15, -0.1) is 0 Å². The fraction of sp³-hybridized carbons (Fsp3) is 0.200. The molecule has 1 rings (SSSR count). The SMILES string of the molecule is Nc1ccc(C(O)C(O)C(=O)O)c(C(=O)O)c1. The summed E-state index contributed by atoms with van der Waals surface area (Å²) in [5, 5.41) is 36.1. The summed E-state index contributed by atoms with van der Waals surface area (Å²) in [4.78, 5) is 21.4. The molecule has 1 aromatic carbocycles. The third kappa shape index (κ3) is 2.71. The maximum Gasteiger partial charge on any atom is 0.336 e. The molecular formula is C10H11NO6. The Hall–Kier alpha value is -2.12. The molecule has 0 aliphatic heterocycles. The first kappa shape index (κ1) is 12.9. The van der Waals surface area contributed by atoms with Gasteiger partial charge in [0.2, 0.25) is 0 Å². The smallest absolute Gasteiger partial charge is 0.336 e. The second-order valence-corrected chi connectivity index (χ2v) is 3.38. The number of carbonyl (C=O) groups is 2. The molecule has 6 N–H and O–H groups in total. The van der Waals surface area contributed by atoms with Crippen molar-refractivity contribution in [3.05, 3.63) is 29.3 Å². The molecule has 0 saturated heterocycles. The standard InChI is InChI=1S/C10H11NO6/c11-4-1-2-5(6(3-4)9(14)15)7(12)8(13)10(16)17/h1-3,7-8,12-13H,11H2,(H,14,15)(H,16,17). The van der Waals surface area contributed by atoms with Crippen LogP contribution in [-0.2, 0) is 4.79 Å². The lowest BCUT2D eigenvalue weighted by Gasteiger charge is -2.16. The Morgan fingerprint density at radius 2 is 1.76 bits per heavy atom. The summed E-state index contributed by atoms with van der Waals surface area (Å²) in [7, 11) is 0. The monoisotopic (exact) mass is 241 g/mol. The summed E-state index contributed by atoms with van der Waals surface area (Å²) in [6.07, 6.45) is -3.93. The topological polar surface area (TPSA) is 141 Å². The van der Waals surface area contributed by atoms with Gasteiger partial charge in [0.05, 0.1) is 5.56 Å². The number of hydrogen-bond acceptors (Lipinski definition) is 5. The lowest BCUT2D eigenvalue weighted by atomic mass is 9.98. The van der Waals surface area contributed by atoms with Crippen LogP contribution in [0.15, 0.2) is 18.2 Å². The number of aliphatic hydroxyl groups is 2. The first-order valence-corrected chi connectivity index (χ1v) is 4.56. The highest BCUT2D eigenvalue weighted by atomic mass is 16.4. The molecule has 7 nitrogen and oxygen atoms in total. The van der Waals surface area contributed by atoms with Crippen LogP contribution < -0.4 is 5.73 Å². The molecule has 0 aromatic heterocycles. The Kier molecular flexibility index (Phi) is 3.66. The molecule has 0 heterocycles. The van der Waals surface area contributed by atoms with Crippen molar-refractivity contribution in [3.63, 3.8) is 0 Å². The number of nitrogen functional groups attached to an aromatic ring is 1. The van der Waals surface area contributed by atoms with E-state index in [1.807, 2.05) is 0 Å². The molecule has 0 spiro atoms. The van der Waals surface area contributed by atoms with E-state index in [2.05, 4.69) is 0 Å². The fourth-order valence-corrected chi connectivity index (χ4v) is 1.32. The zero-order valence-electron chi connectivity index (χ0n) is 8.57. The number of aliphatic carboxylic acids is 1. The van der Waals surface area contributed by atoms with Gasteiger partial charge in [-0.1, -0.05) is 6.07 Å². The lowest BCUT2D eigenvalue weighted by molar-refractivity contribution is -0.153. The van der Waals surface area contributed by atoms with Gasteiger partial charge in [0, 0.05) is 5.69 Å². The van der Waals surface area contributed by atoms with E-state index in [0.29, 0.717) is 0 Å². The fourth-order valence-electron chi connectivity index (χ4n) is 1.32. The average molecular weight is 241 g/mol. The van der Waals surface area contributed by atoms with Crippen LogP contribution >= 0.6 is 0 Å². The summed E-state index contributed by atoms with van der Waals surface area (Å²) < 4.78 is 0. The predicted octanol–water partition coefficient (Wildman–Crippen LogP) is -0.554. The van der Waals surface area contributed by atoms with Crippen molar-refractivity contribution in [2.24, 2.45) is 0 Å². The van der Waals surface area contributed by atoms with E-state index >= 15 is 0 Å². The average Bonchev–Trinajstić information content (AvgIpc) is 2.26. The minimum atomic E-state index is -2.10. The molecule has 2 unspecified atom stereocenters. The molecule has 0 radical (unpaired) electrons. The summed E-state index contributed by atoms with van der Waals surface area (Å²) >= 11 is 0. The Bertz CT molecular complexity index is 458. The molecule has 0 amide bonds. The van der Waals surface area contributed by atoms with Crippen LogP contribution in [0.1, 0.15) is 22.0 Å². The number of carboxylic acids is 2. The predicted molar refractivity (Wildman–Crippen MR) is 56.4 cm³/mol. The molecule has 0 saturated carbocycles. The molecular weight excluding hydrogens is 230 g/mol. The van der Waals surface area contributed by atoms with Crippen molar-refractivity contribution in [2.75, 3.05) is 5.73 Å². The van der Waals surface area contributed by atoms with Crippen molar-refractivity contribution in [2.45, 2.75) is 12.2 Å². The van der Waals surface area contributed by atoms with Crippen LogP contribution in [0.25, 0.3) is 0 Å². The van der Waals surface area contributed by atoms with E-state index in [1.54, 1.807) is 0 Å². The number of hydrogen-bond donors (Lipinski definition) is 5. The minimum Gasteiger partial charge on any atom is -0.479 e. The lowest BCUT2D eigenvalue weighted by Crippen LogP contribution is -2.28. The van der Waals surface area contributed by atoms with Crippen LogP contribution in [0.2, 0.25) is 0 Å². The second kappa shape index (κ2) is 4.81. The van der Waals surface area contributed by atoms with E-state index in [9.17, 15) is 14.7 Å². The third-order valence-electron chi connectivity index (χ3n) is 2.18. The molecule has 0 aliphatic rings. The minimum absolute atomic E-state index is 0.156. The van der Waals surface area contributed by atoms with E-state index in [1.165, 1.54) is 6.07 Å². The van der Waals surface area contributed by atoms with Gasteiger partial charge in [-0.3, -0.25) is 0 Å². The first-order chi connectivity index (χ1) is 7.84. The van der Waals surface area contributed by atoms with Gasteiger partial charge in [0.25, 0.3) is 0 Å². The van der Waals surface area contributed by atoms with Crippen molar-refractivity contribution in [1.29, 1.82) is 0 Å². The van der Waals surface area contributed by atoms with Gasteiger partial charge < -0.3 is 26.2 Å². The zero-order valence-corrected chi connectivity index (χ0v) is 8.57. The Balaban J connectivity index is 3.21. The van der Waals surface area contributed by atoms with Crippen molar-refractivity contribution in [3.8, 4) is 0 Å². The van der Waals surface area contributed by atoms with E-state index in [-0.39, 0.29) is 16.8 Å². The molecule has 17 heavy (non-hydrogen) atoms. The molecule has 0 aliphatic carbocycles. The summed E-state index contributed by atoms with van der Waals surface area (Å²) in [5.74, 6) is -3.02. The van der Waals surface area contributed by atoms with Gasteiger partial charge in [-0.05, 0) is 17.7 Å². The maximum atomic E-state index is 10.9. The molecule has 92 valence electrons. The quantitative estimate of drug-likeness (QED) is 0.445. The number of nitrogens with two attached hydrogens (primary N) is 1. The highest BCUT2D eigenvalue weighted by Crippen LogP contribution is 2.23. The second-order valence-electron chi connectivity index (χ2n) is 3.38. The summed E-state index contributed by atoms with van der Waals surface area (Å²) in [6.45, 7) is 0. The number of benzene rings is 1. The van der Waals surface area contributed by atoms with Crippen LogP contribution in [-0.4, -0.2) is 38.5 Å². The Morgan fingerprint density at radius 1 is 1.18 bits per heavy atom. The van der Waals surface area contributed by atoms with Gasteiger partial charge >= 0.3 is 11.9 Å². The van der Waals surface area contributed by atoms with Gasteiger partial charge in [0.15, 0.2) is 6.10 Å². The summed E-state index contributed by atoms with van der Waals surface area (Å²) in [6, 6.07) is 3.55. The van der Waals surface area contributed by atoms with E-state index in [4.69, 9.17) is 21.1 Å². The van der Waals surface area contributed by atoms with Crippen molar-refractivity contribution < 1.29 is 30.0 Å². The normalized spacial score (nSPS) is 14.0. The Morgan fingerprint density at radius 3 is 2.24 bits per heavy atom. The number of carboxylic acid groups (broad SMARTS) is 2. The zero-order chi connectivity index (χ0) is 13.2. The largest absolute Gasteiger partial charge is 0.479 e. The highest BCUT2D eigenvalue weighted by Gasteiger charge is 2.28. The van der Waals surface area contributed by atoms with Gasteiger partial charge in [-0.2, -0.15) is 0 Å². The van der Waals surface area contributed by atoms with E-state index < -0.39 is 24.1 Å². The van der Waals surface area contributed by atoms with E-state index in [0.717, 1.165) is 12.1 Å². The molecule has 0 bridgehead atoms. The molecule has 2 atom stereocenters. The van der Waals surface area contributed by atoms with Crippen molar-refractivity contribution >= 4 is 17.6 Å². The van der Waals surface area contributed by atoms with Crippen LogP contribution in [0.3, 0.4) is 0 Å². The number of aliphatic hydroxyl groups excluding tert-OH is 2. The molecule has 7 heteroatoms. The first-order valence-electron chi connectivity index (χ1n) is 4.56. The number of anilines is 1. The van der Waals surface area contributed by atoms with Gasteiger partial charge in [0.1, 0.15) is 6.10 Å².